The van der Waals surface area contributed by atoms with Crippen LogP contribution in [0.4, 0.5) is 10.4 Å². The van der Waals surface area contributed by atoms with E-state index in [9.17, 15) is 4.39 Å². The molecule has 1 aliphatic heterocycles. The number of halogens is 2. The van der Waals surface area contributed by atoms with Crippen molar-refractivity contribution in [2.45, 2.75) is 45.6 Å². The molecule has 1 atom stereocenters. The summed E-state index contributed by atoms with van der Waals surface area (Å²) in [5, 5.41) is 9.09. The topological polar surface area (TPSA) is 94.5 Å². The lowest BCUT2D eigenvalue weighted by Crippen LogP contribution is -2.38. The molecule has 1 unspecified atom stereocenters. The second kappa shape index (κ2) is 9.60. The van der Waals surface area contributed by atoms with E-state index in [4.69, 9.17) is 9.26 Å². The number of ether oxygens (including phenoxy) is 1. The summed E-state index contributed by atoms with van der Waals surface area (Å²) in [6.07, 6.45) is 6.38. The van der Waals surface area contributed by atoms with E-state index in [1.54, 1.807) is 23.0 Å². The summed E-state index contributed by atoms with van der Waals surface area (Å²) in [5.74, 6) is 0.979. The summed E-state index contributed by atoms with van der Waals surface area (Å²) >= 11 is 1.35. The first-order chi connectivity index (χ1) is 15.5. The van der Waals surface area contributed by atoms with E-state index in [0.29, 0.717) is 33.3 Å². The van der Waals surface area contributed by atoms with Gasteiger partial charge in [-0.3, -0.25) is 4.98 Å². The lowest BCUT2D eigenvalue weighted by molar-refractivity contribution is 0.130. The fourth-order valence-electron chi connectivity index (χ4n) is 3.85. The zero-order valence-corrected chi connectivity index (χ0v) is 20.1. The molecule has 1 fully saturated rings. The molecule has 4 aromatic rings. The molecule has 5 heterocycles. The minimum atomic E-state index is -0.407. The Balaban J connectivity index is 0.00000259. The van der Waals surface area contributed by atoms with Gasteiger partial charge in [0.2, 0.25) is 4.96 Å². The highest BCUT2D eigenvalue weighted by Crippen LogP contribution is 2.31. The average molecular weight is 494 g/mol. The van der Waals surface area contributed by atoms with E-state index >= 15 is 0 Å². The Labute approximate surface area is 200 Å². The van der Waals surface area contributed by atoms with Crippen molar-refractivity contribution < 1.29 is 13.7 Å². The van der Waals surface area contributed by atoms with Gasteiger partial charge in [-0.15, -0.1) is 17.5 Å². The Morgan fingerprint density at radius 3 is 2.67 bits per heavy atom. The predicted molar refractivity (Wildman–Crippen MR) is 125 cm³/mol. The quantitative estimate of drug-likeness (QED) is 0.384. The van der Waals surface area contributed by atoms with Gasteiger partial charge in [0, 0.05) is 30.8 Å². The van der Waals surface area contributed by atoms with Crippen molar-refractivity contribution in [2.75, 3.05) is 18.0 Å². The number of aromatic nitrogens is 6. The highest BCUT2D eigenvalue weighted by Gasteiger charge is 2.28. The molecule has 0 N–H and O–H groups in total. The van der Waals surface area contributed by atoms with E-state index in [2.05, 4.69) is 37.0 Å². The number of rotatable bonds is 6. The molecule has 12 heteroatoms. The molecule has 1 aliphatic rings. The van der Waals surface area contributed by atoms with Crippen LogP contribution < -0.4 is 9.64 Å². The van der Waals surface area contributed by atoms with E-state index in [1.165, 1.54) is 17.5 Å². The van der Waals surface area contributed by atoms with Gasteiger partial charge in [0.25, 0.3) is 5.19 Å². The number of nitrogens with zero attached hydrogens (tertiary/aromatic N) is 7. The van der Waals surface area contributed by atoms with Gasteiger partial charge in [-0.05, 0) is 43.1 Å². The molecule has 0 radical (unpaired) electrons. The molecule has 4 aromatic heterocycles. The van der Waals surface area contributed by atoms with E-state index in [-0.39, 0.29) is 24.4 Å². The molecular formula is C21H25ClFN7O2S. The van der Waals surface area contributed by atoms with E-state index in [1.807, 2.05) is 13.8 Å². The Bertz CT molecular complexity index is 1190. The zero-order valence-electron chi connectivity index (χ0n) is 18.5. The Hall–Kier alpha value is -2.79. The normalized spacial score (nSPS) is 15.7. The zero-order chi connectivity index (χ0) is 22.2. The molecule has 0 aliphatic carbocycles. The molecule has 9 nitrogen and oxygen atoms in total. The first-order valence-electron chi connectivity index (χ1n) is 10.7. The number of imidazole rings is 1. The smallest absolute Gasteiger partial charge is 0.324 e. The molecule has 1 saturated heterocycles. The first-order valence-corrected chi connectivity index (χ1v) is 11.5. The summed E-state index contributed by atoms with van der Waals surface area (Å²) < 4.78 is 27.2. The first kappa shape index (κ1) is 23.4. The summed E-state index contributed by atoms with van der Waals surface area (Å²) in [7, 11) is 0. The Morgan fingerprint density at radius 1 is 1.21 bits per heavy atom. The number of fused-ring (bicyclic) bond motifs is 1. The predicted octanol–water partition coefficient (Wildman–Crippen LogP) is 4.60. The number of hydrogen-bond acceptors (Lipinski definition) is 9. The molecule has 0 saturated carbocycles. The number of piperidine rings is 1. The van der Waals surface area contributed by atoms with Gasteiger partial charge >= 0.3 is 6.01 Å². The number of anilines is 1. The molecule has 33 heavy (non-hydrogen) atoms. The molecule has 5 rings (SSSR count). The summed E-state index contributed by atoms with van der Waals surface area (Å²) in [4.78, 5) is 15.6. The maximum Gasteiger partial charge on any atom is 0.324 e. The van der Waals surface area contributed by atoms with E-state index in [0.717, 1.165) is 31.8 Å². The van der Waals surface area contributed by atoms with Gasteiger partial charge in [0.05, 0.1) is 18.1 Å². The average Bonchev–Trinajstić information content (AvgIpc) is 3.49. The van der Waals surface area contributed by atoms with Crippen molar-refractivity contribution in [1.82, 2.24) is 29.7 Å². The molecule has 176 valence electrons. The lowest BCUT2D eigenvalue weighted by Gasteiger charge is -2.33. The van der Waals surface area contributed by atoms with Gasteiger partial charge in [-0.2, -0.15) is 4.98 Å². The fraction of sp³-hybridized carbons (Fsp3) is 0.476. The van der Waals surface area contributed by atoms with Gasteiger partial charge in [-0.1, -0.05) is 19.0 Å². The van der Waals surface area contributed by atoms with Crippen LogP contribution in [0, 0.1) is 11.7 Å². The monoisotopic (exact) mass is 493 g/mol. The second-order valence-corrected chi connectivity index (χ2v) is 9.23. The van der Waals surface area contributed by atoms with Crippen molar-refractivity contribution in [3.63, 3.8) is 0 Å². The van der Waals surface area contributed by atoms with Crippen molar-refractivity contribution in [3.05, 3.63) is 36.3 Å². The molecule has 0 amide bonds. The van der Waals surface area contributed by atoms with Crippen molar-refractivity contribution in [2.24, 2.45) is 5.92 Å². The van der Waals surface area contributed by atoms with Crippen LogP contribution in [0.25, 0.3) is 16.2 Å². The van der Waals surface area contributed by atoms with E-state index < -0.39 is 5.82 Å². The maximum absolute atomic E-state index is 14.0. The van der Waals surface area contributed by atoms with Crippen LogP contribution in [-0.2, 0) is 0 Å². The lowest BCUT2D eigenvalue weighted by atomic mass is 9.92. The Morgan fingerprint density at radius 2 is 2.00 bits per heavy atom. The Kier molecular flexibility index (Phi) is 6.80. The van der Waals surface area contributed by atoms with Crippen molar-refractivity contribution in [1.29, 1.82) is 0 Å². The van der Waals surface area contributed by atoms with Crippen LogP contribution in [0.3, 0.4) is 0 Å². The number of hydrogen-bond donors (Lipinski definition) is 0. The summed E-state index contributed by atoms with van der Waals surface area (Å²) in [6, 6.07) is 2.20. The maximum atomic E-state index is 14.0. The van der Waals surface area contributed by atoms with Crippen LogP contribution in [0.1, 0.15) is 45.4 Å². The highest BCUT2D eigenvalue weighted by molar-refractivity contribution is 7.18. The molecule has 0 bridgehead atoms. The second-order valence-electron chi connectivity index (χ2n) is 8.31. The third kappa shape index (κ3) is 4.79. The number of pyridine rings is 1. The standard InChI is InChI=1S/C21H24FN7O2S.ClH/c1-12(2)18-25-19(31-27-18)28-8-5-14(6-9-28)13(3)30-21-26-29-11-17(24-20(29)32-21)15-4-7-23-10-16(15)22;/h4,7,10-14H,5-6,8-9H2,1-3H3;1H. The minimum absolute atomic E-state index is 0. The fourth-order valence-corrected chi connectivity index (χ4v) is 4.66. The summed E-state index contributed by atoms with van der Waals surface area (Å²) in [5.41, 5.74) is 0.930. The van der Waals surface area contributed by atoms with Crippen molar-refractivity contribution >= 4 is 34.7 Å². The van der Waals surface area contributed by atoms with Gasteiger partial charge in [0.1, 0.15) is 6.10 Å². The van der Waals surface area contributed by atoms with Crippen LogP contribution in [0.5, 0.6) is 5.19 Å². The minimum Gasteiger partial charge on any atom is -0.466 e. The summed E-state index contributed by atoms with van der Waals surface area (Å²) in [6.45, 7) is 7.87. The largest absolute Gasteiger partial charge is 0.466 e. The van der Waals surface area contributed by atoms with Gasteiger partial charge < -0.3 is 14.2 Å². The van der Waals surface area contributed by atoms with Crippen LogP contribution in [-0.4, -0.2) is 48.9 Å². The third-order valence-corrected chi connectivity index (χ3v) is 6.59. The molecular weight excluding hydrogens is 469 g/mol. The van der Waals surface area contributed by atoms with Crippen LogP contribution >= 0.6 is 23.7 Å². The van der Waals surface area contributed by atoms with Gasteiger partial charge in [0.15, 0.2) is 11.6 Å². The molecule has 0 spiro atoms. The molecule has 0 aromatic carbocycles. The van der Waals surface area contributed by atoms with Gasteiger partial charge in [-0.25, -0.2) is 13.9 Å². The third-order valence-electron chi connectivity index (χ3n) is 5.78. The SMILES string of the molecule is CC(C)c1noc(N2CCC(C(C)Oc3nn4cc(-c5ccncc5F)nc4s3)CC2)n1.Cl. The highest BCUT2D eigenvalue weighted by atomic mass is 35.5. The van der Waals surface area contributed by atoms with Crippen LogP contribution in [0.15, 0.2) is 29.2 Å². The van der Waals surface area contributed by atoms with Crippen LogP contribution in [0.2, 0.25) is 0 Å². The van der Waals surface area contributed by atoms with Crippen molar-refractivity contribution in [3.8, 4) is 16.5 Å².